The molecule has 0 spiro atoms. The van der Waals surface area contributed by atoms with Gasteiger partial charge in [0.1, 0.15) is 5.69 Å². The quantitative estimate of drug-likeness (QED) is 0.699. The van der Waals surface area contributed by atoms with Gasteiger partial charge in [0.15, 0.2) is 0 Å². The standard InChI is InChI=1S/C21H22N4O/c1-3-16-9-7-8-12-18(16)24-21-22-14-13-19(25-21)20(26)23-15(2)17-10-5-4-6-11-17/h4-15H,3H2,1-2H3,(H,23,26)(H,22,24,25). The number of rotatable bonds is 6. The summed E-state index contributed by atoms with van der Waals surface area (Å²) in [7, 11) is 0. The Kier molecular flexibility index (Phi) is 5.59. The third kappa shape index (κ3) is 4.25. The van der Waals surface area contributed by atoms with Crippen molar-refractivity contribution in [3.8, 4) is 0 Å². The molecule has 1 aromatic heterocycles. The van der Waals surface area contributed by atoms with E-state index in [2.05, 4.69) is 33.6 Å². The number of aromatic nitrogens is 2. The number of nitrogens with one attached hydrogen (secondary N) is 2. The number of amides is 1. The molecule has 3 aromatic rings. The highest BCUT2D eigenvalue weighted by Gasteiger charge is 2.13. The first-order valence-electron chi connectivity index (χ1n) is 8.71. The van der Waals surface area contributed by atoms with Crippen LogP contribution in [-0.2, 0) is 6.42 Å². The molecule has 0 aliphatic rings. The van der Waals surface area contributed by atoms with Crippen LogP contribution in [-0.4, -0.2) is 15.9 Å². The number of hydrogen-bond donors (Lipinski definition) is 2. The van der Waals surface area contributed by atoms with Gasteiger partial charge in [0.2, 0.25) is 5.95 Å². The van der Waals surface area contributed by atoms with Crippen LogP contribution in [0.5, 0.6) is 0 Å². The Bertz CT molecular complexity index is 880. The van der Waals surface area contributed by atoms with E-state index >= 15 is 0 Å². The molecule has 1 heterocycles. The topological polar surface area (TPSA) is 66.9 Å². The fourth-order valence-corrected chi connectivity index (χ4v) is 2.71. The molecule has 1 unspecified atom stereocenters. The molecular formula is C21H22N4O. The fraction of sp³-hybridized carbons (Fsp3) is 0.190. The molecule has 0 radical (unpaired) electrons. The highest BCUT2D eigenvalue weighted by Crippen LogP contribution is 2.19. The van der Waals surface area contributed by atoms with E-state index in [0.717, 1.165) is 17.7 Å². The van der Waals surface area contributed by atoms with Crippen molar-refractivity contribution in [1.82, 2.24) is 15.3 Å². The van der Waals surface area contributed by atoms with Gasteiger partial charge in [0.05, 0.1) is 6.04 Å². The second-order valence-electron chi connectivity index (χ2n) is 6.01. The van der Waals surface area contributed by atoms with E-state index in [-0.39, 0.29) is 11.9 Å². The lowest BCUT2D eigenvalue weighted by Crippen LogP contribution is -2.27. The van der Waals surface area contributed by atoms with Crippen LogP contribution >= 0.6 is 0 Å². The van der Waals surface area contributed by atoms with Crippen LogP contribution in [0.25, 0.3) is 0 Å². The summed E-state index contributed by atoms with van der Waals surface area (Å²) in [6.45, 7) is 4.04. The van der Waals surface area contributed by atoms with Gasteiger partial charge in [-0.05, 0) is 36.6 Å². The van der Waals surface area contributed by atoms with Crippen molar-refractivity contribution in [3.05, 3.63) is 83.7 Å². The maximum atomic E-state index is 12.5. The van der Waals surface area contributed by atoms with Crippen LogP contribution in [0.1, 0.15) is 41.5 Å². The van der Waals surface area contributed by atoms with Crippen molar-refractivity contribution in [2.24, 2.45) is 0 Å². The molecule has 0 fully saturated rings. The zero-order valence-electron chi connectivity index (χ0n) is 14.9. The summed E-state index contributed by atoms with van der Waals surface area (Å²) >= 11 is 0. The van der Waals surface area contributed by atoms with Crippen molar-refractivity contribution < 1.29 is 4.79 Å². The van der Waals surface area contributed by atoms with Crippen molar-refractivity contribution in [2.75, 3.05) is 5.32 Å². The molecule has 132 valence electrons. The van der Waals surface area contributed by atoms with Crippen LogP contribution in [0, 0.1) is 0 Å². The molecule has 1 atom stereocenters. The van der Waals surface area contributed by atoms with Crippen molar-refractivity contribution in [2.45, 2.75) is 26.3 Å². The van der Waals surface area contributed by atoms with E-state index in [9.17, 15) is 4.79 Å². The summed E-state index contributed by atoms with van der Waals surface area (Å²) in [6.07, 6.45) is 2.49. The fourth-order valence-electron chi connectivity index (χ4n) is 2.71. The third-order valence-corrected chi connectivity index (χ3v) is 4.18. The minimum absolute atomic E-state index is 0.101. The second-order valence-corrected chi connectivity index (χ2v) is 6.01. The average molecular weight is 346 g/mol. The SMILES string of the molecule is CCc1ccccc1Nc1nccc(C(=O)NC(C)c2ccccc2)n1. The van der Waals surface area contributed by atoms with Crippen LogP contribution in [0.15, 0.2) is 66.9 Å². The average Bonchev–Trinajstić information content (AvgIpc) is 2.69. The molecule has 0 bridgehead atoms. The number of nitrogens with zero attached hydrogens (tertiary/aromatic N) is 2. The summed E-state index contributed by atoms with van der Waals surface area (Å²) in [5.74, 6) is 0.182. The number of aryl methyl sites for hydroxylation is 1. The minimum Gasteiger partial charge on any atom is -0.344 e. The zero-order chi connectivity index (χ0) is 18.4. The molecule has 0 aliphatic heterocycles. The number of carbonyl (C=O) groups is 1. The predicted octanol–water partition coefficient (Wildman–Crippen LogP) is 4.27. The lowest BCUT2D eigenvalue weighted by molar-refractivity contribution is 0.0935. The number of anilines is 2. The second kappa shape index (κ2) is 8.25. The number of benzene rings is 2. The molecule has 0 saturated carbocycles. The highest BCUT2D eigenvalue weighted by atomic mass is 16.1. The van der Waals surface area contributed by atoms with Gasteiger partial charge in [-0.1, -0.05) is 55.5 Å². The Morgan fingerprint density at radius 2 is 1.77 bits per heavy atom. The lowest BCUT2D eigenvalue weighted by Gasteiger charge is -2.14. The Morgan fingerprint density at radius 1 is 1.04 bits per heavy atom. The van der Waals surface area contributed by atoms with E-state index in [4.69, 9.17) is 0 Å². The Morgan fingerprint density at radius 3 is 2.54 bits per heavy atom. The molecule has 3 rings (SSSR count). The first-order valence-corrected chi connectivity index (χ1v) is 8.71. The van der Waals surface area contributed by atoms with Gasteiger partial charge in [0, 0.05) is 11.9 Å². The van der Waals surface area contributed by atoms with Gasteiger partial charge in [-0.2, -0.15) is 0 Å². The normalized spacial score (nSPS) is 11.6. The maximum absolute atomic E-state index is 12.5. The first kappa shape index (κ1) is 17.6. The first-order chi connectivity index (χ1) is 12.7. The smallest absolute Gasteiger partial charge is 0.270 e. The van der Waals surface area contributed by atoms with Gasteiger partial charge in [-0.3, -0.25) is 4.79 Å². The third-order valence-electron chi connectivity index (χ3n) is 4.18. The molecule has 26 heavy (non-hydrogen) atoms. The zero-order valence-corrected chi connectivity index (χ0v) is 14.9. The molecule has 5 heteroatoms. The van der Waals surface area contributed by atoms with E-state index in [1.807, 2.05) is 55.5 Å². The summed E-state index contributed by atoms with van der Waals surface area (Å²) < 4.78 is 0. The van der Waals surface area contributed by atoms with E-state index in [0.29, 0.717) is 11.6 Å². The Hall–Kier alpha value is -3.21. The van der Waals surface area contributed by atoms with E-state index in [1.165, 1.54) is 5.56 Å². The van der Waals surface area contributed by atoms with Crippen LogP contribution < -0.4 is 10.6 Å². The number of carbonyl (C=O) groups excluding carboxylic acids is 1. The molecule has 0 saturated heterocycles. The van der Waals surface area contributed by atoms with Gasteiger partial charge in [-0.15, -0.1) is 0 Å². The van der Waals surface area contributed by atoms with Crippen molar-refractivity contribution in [3.63, 3.8) is 0 Å². The summed E-state index contributed by atoms with van der Waals surface area (Å²) in [5.41, 5.74) is 3.50. The summed E-state index contributed by atoms with van der Waals surface area (Å²) in [4.78, 5) is 21.1. The molecular weight excluding hydrogens is 324 g/mol. The largest absolute Gasteiger partial charge is 0.344 e. The number of hydrogen-bond acceptors (Lipinski definition) is 4. The monoisotopic (exact) mass is 346 g/mol. The lowest BCUT2D eigenvalue weighted by atomic mass is 10.1. The van der Waals surface area contributed by atoms with Gasteiger partial charge < -0.3 is 10.6 Å². The summed E-state index contributed by atoms with van der Waals surface area (Å²) in [5, 5.41) is 6.17. The highest BCUT2D eigenvalue weighted by molar-refractivity contribution is 5.92. The maximum Gasteiger partial charge on any atom is 0.270 e. The molecule has 2 N–H and O–H groups in total. The molecule has 2 aromatic carbocycles. The van der Waals surface area contributed by atoms with Crippen molar-refractivity contribution >= 4 is 17.5 Å². The molecule has 1 amide bonds. The van der Waals surface area contributed by atoms with E-state index in [1.54, 1.807) is 12.3 Å². The Balaban J connectivity index is 1.73. The minimum atomic E-state index is -0.226. The molecule has 5 nitrogen and oxygen atoms in total. The number of para-hydroxylation sites is 1. The molecule has 0 aliphatic carbocycles. The summed E-state index contributed by atoms with van der Waals surface area (Å²) in [6, 6.07) is 19.3. The van der Waals surface area contributed by atoms with Crippen molar-refractivity contribution in [1.29, 1.82) is 0 Å². The van der Waals surface area contributed by atoms with Gasteiger partial charge >= 0.3 is 0 Å². The Labute approximate surface area is 153 Å². The van der Waals surface area contributed by atoms with E-state index < -0.39 is 0 Å². The predicted molar refractivity (Wildman–Crippen MR) is 103 cm³/mol. The van der Waals surface area contributed by atoms with Gasteiger partial charge in [0.25, 0.3) is 5.91 Å². The van der Waals surface area contributed by atoms with Crippen LogP contribution in [0.3, 0.4) is 0 Å². The van der Waals surface area contributed by atoms with Crippen LogP contribution in [0.2, 0.25) is 0 Å². The van der Waals surface area contributed by atoms with Gasteiger partial charge in [-0.25, -0.2) is 9.97 Å². The van der Waals surface area contributed by atoms with Crippen LogP contribution in [0.4, 0.5) is 11.6 Å².